The quantitative estimate of drug-likeness (QED) is 0.226. The lowest BCUT2D eigenvalue weighted by Gasteiger charge is -2.26. The molecule has 0 saturated heterocycles. The third-order valence-electron chi connectivity index (χ3n) is 6.53. The molecule has 0 fully saturated rings. The summed E-state index contributed by atoms with van der Waals surface area (Å²) in [5, 5.41) is 0. The topological polar surface area (TPSA) is 79.1 Å². The maximum atomic E-state index is 14.1. The van der Waals surface area contributed by atoms with Gasteiger partial charge in [0.25, 0.3) is 5.56 Å². The Kier molecular flexibility index (Phi) is 8.23. The molecule has 1 aliphatic heterocycles. The lowest BCUT2D eigenvalue weighted by molar-refractivity contribution is -0.138. The minimum absolute atomic E-state index is 0.197. The summed E-state index contributed by atoms with van der Waals surface area (Å²) in [6, 6.07) is 22.1. The van der Waals surface area contributed by atoms with E-state index in [1.807, 2.05) is 66.9 Å². The summed E-state index contributed by atoms with van der Waals surface area (Å²) >= 11 is 2.88. The number of nitrogens with zero attached hydrogens (tertiary/aromatic N) is 2. The van der Waals surface area contributed by atoms with E-state index in [0.29, 0.717) is 37.7 Å². The van der Waals surface area contributed by atoms with Gasteiger partial charge in [-0.2, -0.15) is 0 Å². The summed E-state index contributed by atoms with van der Waals surface area (Å²) in [5.41, 5.74) is 2.80. The number of aromatic nitrogens is 1. The molecule has 3 aromatic carbocycles. The van der Waals surface area contributed by atoms with E-state index in [4.69, 9.17) is 19.2 Å². The predicted molar refractivity (Wildman–Crippen MR) is 159 cm³/mol. The van der Waals surface area contributed by atoms with Crippen LogP contribution in [0.2, 0.25) is 0 Å². The van der Waals surface area contributed by atoms with E-state index in [0.717, 1.165) is 16.0 Å². The average molecular weight is 573 g/mol. The van der Waals surface area contributed by atoms with Crippen molar-refractivity contribution in [2.24, 2.45) is 4.99 Å². The maximum Gasteiger partial charge on any atom is 0.338 e. The van der Waals surface area contributed by atoms with Gasteiger partial charge in [0.15, 0.2) is 4.80 Å². The number of thiazole rings is 1. The molecule has 1 aliphatic rings. The van der Waals surface area contributed by atoms with Gasteiger partial charge in [0.2, 0.25) is 0 Å². The maximum absolute atomic E-state index is 14.1. The summed E-state index contributed by atoms with van der Waals surface area (Å²) in [4.78, 5) is 34.1. The number of fused-ring (bicyclic) bond motifs is 1. The molecule has 1 unspecified atom stereocenters. The van der Waals surface area contributed by atoms with Crippen molar-refractivity contribution < 1.29 is 19.0 Å². The first-order valence-corrected chi connectivity index (χ1v) is 14.7. The minimum Gasteiger partial charge on any atom is -0.497 e. The monoisotopic (exact) mass is 572 g/mol. The molecule has 0 spiro atoms. The van der Waals surface area contributed by atoms with Crippen LogP contribution in [-0.4, -0.2) is 37.6 Å². The van der Waals surface area contributed by atoms with E-state index in [-0.39, 0.29) is 12.2 Å². The second-order valence-corrected chi connectivity index (χ2v) is 10.7. The van der Waals surface area contributed by atoms with Crippen molar-refractivity contribution in [3.05, 3.63) is 115 Å². The van der Waals surface area contributed by atoms with Gasteiger partial charge in [-0.1, -0.05) is 53.8 Å². The second-order valence-electron chi connectivity index (χ2n) is 8.81. The molecule has 0 bridgehead atoms. The highest BCUT2D eigenvalue weighted by Crippen LogP contribution is 2.35. The lowest BCUT2D eigenvalue weighted by atomic mass is 9.93. The fourth-order valence-corrected chi connectivity index (χ4v) is 6.04. The van der Waals surface area contributed by atoms with E-state index >= 15 is 0 Å². The standard InChI is InChI=1S/C31H28N2O5S2/c1-5-38-30(35)26-27(19-9-7-6-8-10-19)32-31-33(28(26)20-11-14-23(39-4)15-12-20)29(34)25(40-31)18-21-17-22(36-2)13-16-24(21)37-3/h6-18,28H,5H2,1-4H3. The van der Waals surface area contributed by atoms with E-state index in [1.165, 1.54) is 11.3 Å². The third-order valence-corrected chi connectivity index (χ3v) is 8.26. The summed E-state index contributed by atoms with van der Waals surface area (Å²) < 4.78 is 18.5. The molecule has 204 valence electrons. The van der Waals surface area contributed by atoms with Crippen LogP contribution in [0.25, 0.3) is 11.8 Å². The average Bonchev–Trinajstić information content (AvgIpc) is 3.31. The van der Waals surface area contributed by atoms with Crippen LogP contribution in [0.1, 0.15) is 29.7 Å². The van der Waals surface area contributed by atoms with E-state index in [1.54, 1.807) is 55.7 Å². The number of methoxy groups -OCH3 is 2. The molecule has 40 heavy (non-hydrogen) atoms. The first-order valence-electron chi connectivity index (χ1n) is 12.6. The minimum atomic E-state index is -0.726. The van der Waals surface area contributed by atoms with Gasteiger partial charge in [-0.05, 0) is 55.2 Å². The summed E-state index contributed by atoms with van der Waals surface area (Å²) in [5.74, 6) is 0.739. The van der Waals surface area contributed by atoms with Crippen molar-refractivity contribution >= 4 is 40.8 Å². The number of carbonyl (C=O) groups is 1. The van der Waals surface area contributed by atoms with Crippen LogP contribution >= 0.6 is 23.1 Å². The highest BCUT2D eigenvalue weighted by atomic mass is 32.2. The molecular weight excluding hydrogens is 544 g/mol. The van der Waals surface area contributed by atoms with Crippen LogP contribution in [0.15, 0.2) is 93.1 Å². The number of benzene rings is 3. The zero-order valence-electron chi connectivity index (χ0n) is 22.5. The van der Waals surface area contributed by atoms with Crippen molar-refractivity contribution in [1.29, 1.82) is 0 Å². The van der Waals surface area contributed by atoms with Crippen LogP contribution < -0.4 is 24.4 Å². The Balaban J connectivity index is 1.82. The van der Waals surface area contributed by atoms with Crippen molar-refractivity contribution in [3.8, 4) is 11.5 Å². The normalized spacial score (nSPS) is 14.9. The van der Waals surface area contributed by atoms with Gasteiger partial charge >= 0.3 is 5.97 Å². The Morgan fingerprint density at radius 1 is 1.05 bits per heavy atom. The van der Waals surface area contributed by atoms with E-state index < -0.39 is 12.0 Å². The first kappa shape index (κ1) is 27.5. The SMILES string of the molecule is CCOC(=O)C1=C(c2ccccc2)N=c2sc(=Cc3cc(OC)ccc3OC)c(=O)n2C1c1ccc(SC)cc1. The molecule has 0 radical (unpaired) electrons. The zero-order valence-corrected chi connectivity index (χ0v) is 24.2. The highest BCUT2D eigenvalue weighted by molar-refractivity contribution is 7.98. The molecule has 4 aromatic rings. The van der Waals surface area contributed by atoms with Gasteiger partial charge in [-0.15, -0.1) is 11.8 Å². The zero-order chi connectivity index (χ0) is 28.2. The van der Waals surface area contributed by atoms with Gasteiger partial charge in [0, 0.05) is 16.0 Å². The van der Waals surface area contributed by atoms with Gasteiger partial charge in [-0.3, -0.25) is 9.36 Å². The van der Waals surface area contributed by atoms with Crippen LogP contribution in [0, 0.1) is 0 Å². The Hall–Kier alpha value is -4.08. The van der Waals surface area contributed by atoms with E-state index in [2.05, 4.69) is 0 Å². The molecule has 5 rings (SSSR count). The van der Waals surface area contributed by atoms with E-state index in [9.17, 15) is 9.59 Å². The molecule has 7 nitrogen and oxygen atoms in total. The number of ether oxygens (including phenoxy) is 3. The summed E-state index contributed by atoms with van der Waals surface area (Å²) in [6.45, 7) is 1.96. The summed E-state index contributed by atoms with van der Waals surface area (Å²) in [6.07, 6.45) is 3.78. The smallest absolute Gasteiger partial charge is 0.338 e. The molecule has 1 aromatic heterocycles. The predicted octanol–water partition coefficient (Wildman–Crippen LogP) is 4.67. The number of rotatable bonds is 8. The number of thioether (sulfide) groups is 1. The molecule has 0 aliphatic carbocycles. The van der Waals surface area contributed by atoms with Crippen LogP contribution in [0.3, 0.4) is 0 Å². The molecule has 0 N–H and O–H groups in total. The summed E-state index contributed by atoms with van der Waals surface area (Å²) in [7, 11) is 3.17. The molecule has 0 saturated carbocycles. The molecule has 2 heterocycles. The fraction of sp³-hybridized carbons (Fsp3) is 0.194. The first-order chi connectivity index (χ1) is 19.5. The second kappa shape index (κ2) is 12.0. The van der Waals surface area contributed by atoms with Gasteiger partial charge in [0.05, 0.1) is 42.7 Å². The fourth-order valence-electron chi connectivity index (χ4n) is 4.64. The van der Waals surface area contributed by atoms with Crippen molar-refractivity contribution in [1.82, 2.24) is 4.57 Å². The van der Waals surface area contributed by atoms with Gasteiger partial charge in [-0.25, -0.2) is 9.79 Å². The largest absolute Gasteiger partial charge is 0.497 e. The Morgan fingerprint density at radius 3 is 2.45 bits per heavy atom. The molecule has 0 amide bonds. The van der Waals surface area contributed by atoms with Gasteiger partial charge < -0.3 is 14.2 Å². The van der Waals surface area contributed by atoms with Crippen LogP contribution in [0.4, 0.5) is 0 Å². The number of hydrogen-bond donors (Lipinski definition) is 0. The highest BCUT2D eigenvalue weighted by Gasteiger charge is 2.35. The Morgan fingerprint density at radius 2 is 1.80 bits per heavy atom. The number of carbonyl (C=O) groups excluding carboxylic acids is 1. The molecule has 9 heteroatoms. The van der Waals surface area contributed by atoms with Crippen molar-refractivity contribution in [2.75, 3.05) is 27.1 Å². The Labute approximate surface area is 240 Å². The van der Waals surface area contributed by atoms with Crippen LogP contribution in [-0.2, 0) is 9.53 Å². The van der Waals surface area contributed by atoms with Gasteiger partial charge in [0.1, 0.15) is 11.5 Å². The molecular formula is C31H28N2O5S2. The van der Waals surface area contributed by atoms with Crippen molar-refractivity contribution in [2.45, 2.75) is 17.9 Å². The van der Waals surface area contributed by atoms with Crippen LogP contribution in [0.5, 0.6) is 11.5 Å². The Bertz CT molecular complexity index is 1760. The lowest BCUT2D eigenvalue weighted by Crippen LogP contribution is -2.40. The third kappa shape index (κ3) is 5.22. The molecule has 1 atom stereocenters. The number of hydrogen-bond acceptors (Lipinski definition) is 8. The van der Waals surface area contributed by atoms with Crippen molar-refractivity contribution in [3.63, 3.8) is 0 Å². The number of esters is 1.